The maximum absolute atomic E-state index is 12.8. The van der Waals surface area contributed by atoms with Crippen molar-refractivity contribution in [2.45, 2.75) is 264 Å². The lowest BCUT2D eigenvalue weighted by Crippen LogP contribution is -2.37. The highest BCUT2D eigenvalue weighted by molar-refractivity contribution is 7.45. The molecule has 2 unspecified atom stereocenters. The third-order valence-electron chi connectivity index (χ3n) is 13.3. The van der Waals surface area contributed by atoms with Gasteiger partial charge in [0.25, 0.3) is 7.82 Å². The molecule has 10 heteroatoms. The first-order valence-electron chi connectivity index (χ1n) is 31.6. The third kappa shape index (κ3) is 61.9. The van der Waals surface area contributed by atoms with Crippen LogP contribution in [0.5, 0.6) is 0 Å². The number of carbonyl (C=O) groups is 2. The monoisotopic (exact) mass is 1110 g/mol. The van der Waals surface area contributed by atoms with Crippen molar-refractivity contribution in [3.05, 3.63) is 109 Å². The number of allylic oxidation sites excluding steroid dienone is 18. The Morgan fingerprint density at radius 1 is 0.410 bits per heavy atom. The van der Waals surface area contributed by atoms with Gasteiger partial charge in [-0.05, 0) is 103 Å². The minimum absolute atomic E-state index is 0.0374. The Bertz CT molecular complexity index is 1680. The van der Waals surface area contributed by atoms with Crippen molar-refractivity contribution in [1.82, 2.24) is 0 Å². The number of ether oxygens (including phenoxy) is 2. The predicted molar refractivity (Wildman–Crippen MR) is 332 cm³/mol. The number of hydrogen-bond acceptors (Lipinski definition) is 8. The molecule has 78 heavy (non-hydrogen) atoms. The van der Waals surface area contributed by atoms with Gasteiger partial charge in [-0.1, -0.05) is 252 Å². The first kappa shape index (κ1) is 74.7. The summed E-state index contributed by atoms with van der Waals surface area (Å²) in [4.78, 5) is 38.0. The SMILES string of the molecule is CC/C=C\C/C=C\C/C=C\C/C=C\C/C=C\C/C=C\CCCCCCCCCCCCC(=O)OC(COC(=O)CCCCCCCCCCCC/C=C\C/C=C\C/C=C\CCCCCCC)COP(=O)([O-])OCC[N+](C)(C)C. The minimum Gasteiger partial charge on any atom is -0.756 e. The summed E-state index contributed by atoms with van der Waals surface area (Å²) in [7, 11) is 1.15. The fourth-order valence-electron chi connectivity index (χ4n) is 8.43. The molecule has 0 rings (SSSR count). The smallest absolute Gasteiger partial charge is 0.306 e. The highest BCUT2D eigenvalue weighted by Gasteiger charge is 2.22. The zero-order valence-corrected chi connectivity index (χ0v) is 51.7. The Morgan fingerprint density at radius 2 is 0.731 bits per heavy atom. The molecular weight excluding hydrogens is 990 g/mol. The van der Waals surface area contributed by atoms with Crippen LogP contribution in [0.15, 0.2) is 109 Å². The largest absolute Gasteiger partial charge is 0.756 e. The number of nitrogens with zero attached hydrogens (tertiary/aromatic N) is 1. The predicted octanol–water partition coefficient (Wildman–Crippen LogP) is 19.5. The molecule has 0 spiro atoms. The number of rotatable bonds is 57. The molecular formula is C68H118NO8P. The molecule has 0 radical (unpaired) electrons. The number of likely N-dealkylation sites (N-methyl/N-ethyl adjacent to an activating group) is 1. The van der Waals surface area contributed by atoms with Crippen molar-refractivity contribution in [2.75, 3.05) is 47.5 Å². The highest BCUT2D eigenvalue weighted by atomic mass is 31.2. The van der Waals surface area contributed by atoms with Crippen molar-refractivity contribution in [3.63, 3.8) is 0 Å². The average molecular weight is 1110 g/mol. The van der Waals surface area contributed by atoms with Crippen LogP contribution < -0.4 is 4.89 Å². The lowest BCUT2D eigenvalue weighted by atomic mass is 10.0. The first-order valence-corrected chi connectivity index (χ1v) is 33.1. The zero-order valence-electron chi connectivity index (χ0n) is 50.8. The van der Waals surface area contributed by atoms with Crippen molar-refractivity contribution in [2.24, 2.45) is 0 Å². The van der Waals surface area contributed by atoms with E-state index in [2.05, 4.69) is 123 Å². The summed E-state index contributed by atoms with van der Waals surface area (Å²) < 4.78 is 34.2. The van der Waals surface area contributed by atoms with Gasteiger partial charge in [0.2, 0.25) is 0 Å². The van der Waals surface area contributed by atoms with Crippen LogP contribution in [0, 0.1) is 0 Å². The summed E-state index contributed by atoms with van der Waals surface area (Å²) in [6, 6.07) is 0. The number of esters is 2. The second kappa shape index (κ2) is 58.3. The topological polar surface area (TPSA) is 111 Å². The van der Waals surface area contributed by atoms with E-state index in [0.29, 0.717) is 17.4 Å². The fourth-order valence-corrected chi connectivity index (χ4v) is 9.16. The molecule has 0 aliphatic carbocycles. The highest BCUT2D eigenvalue weighted by Crippen LogP contribution is 2.38. The van der Waals surface area contributed by atoms with E-state index in [9.17, 15) is 19.0 Å². The number of carbonyl (C=O) groups excluding carboxylic acids is 2. The zero-order chi connectivity index (χ0) is 57.0. The molecule has 0 amide bonds. The van der Waals surface area contributed by atoms with Crippen LogP contribution >= 0.6 is 7.82 Å². The van der Waals surface area contributed by atoms with Gasteiger partial charge in [-0.15, -0.1) is 0 Å². The molecule has 0 aromatic heterocycles. The van der Waals surface area contributed by atoms with Gasteiger partial charge in [0.15, 0.2) is 6.10 Å². The van der Waals surface area contributed by atoms with E-state index >= 15 is 0 Å². The number of hydrogen-bond donors (Lipinski definition) is 0. The Hall–Kier alpha value is -3.33. The summed E-state index contributed by atoms with van der Waals surface area (Å²) in [5.74, 6) is -0.844. The van der Waals surface area contributed by atoms with Crippen molar-refractivity contribution in [1.29, 1.82) is 0 Å². The standard InChI is InChI=1S/C68H118NO8P/c1-6-8-10-12-14-16-18-20-22-24-26-28-30-32-33-34-35-37-39-41-43-45-47-49-51-53-55-57-59-61-68(71)77-66(65-76-78(72,73)75-63-62-69(3,4)5)64-74-67(70)60-58-56-54-52-50-48-46-44-42-40-38-36-31-29-27-25-23-21-19-17-15-13-11-9-7-2/h8,10,14,16,19-22,25-28,31-33,35-37,66H,6-7,9,11-13,15,17-18,23-24,29-30,34,38-65H2,1-5H3/b10-8-,16-14-,21-19-,22-20-,27-25-,28-26-,33-32-,36-31-,37-35-. The van der Waals surface area contributed by atoms with Crippen molar-refractivity contribution < 1.29 is 42.1 Å². The van der Waals surface area contributed by atoms with E-state index in [0.717, 1.165) is 109 Å². The molecule has 0 heterocycles. The number of unbranched alkanes of at least 4 members (excludes halogenated alkanes) is 25. The number of phosphoric acid groups is 1. The van der Waals surface area contributed by atoms with Crippen LogP contribution in [0.3, 0.4) is 0 Å². The normalized spacial score (nSPS) is 14.0. The molecule has 0 fully saturated rings. The molecule has 9 nitrogen and oxygen atoms in total. The lowest BCUT2D eigenvalue weighted by molar-refractivity contribution is -0.870. The number of quaternary nitrogens is 1. The van der Waals surface area contributed by atoms with Crippen LogP contribution in [-0.2, 0) is 32.7 Å². The van der Waals surface area contributed by atoms with E-state index < -0.39 is 26.5 Å². The maximum atomic E-state index is 12.8. The molecule has 0 aromatic carbocycles. The molecule has 2 atom stereocenters. The second-order valence-electron chi connectivity index (χ2n) is 22.0. The second-order valence-corrected chi connectivity index (χ2v) is 23.4. The molecule has 0 bridgehead atoms. The van der Waals surface area contributed by atoms with Crippen molar-refractivity contribution >= 4 is 19.8 Å². The van der Waals surface area contributed by atoms with E-state index in [1.807, 2.05) is 21.1 Å². The van der Waals surface area contributed by atoms with E-state index in [1.165, 1.54) is 116 Å². The Labute approximate surface area is 480 Å². The minimum atomic E-state index is -4.65. The molecule has 0 N–H and O–H groups in total. The van der Waals surface area contributed by atoms with E-state index in [1.54, 1.807) is 0 Å². The van der Waals surface area contributed by atoms with Gasteiger partial charge in [-0.3, -0.25) is 14.2 Å². The quantitative estimate of drug-likeness (QED) is 0.0195. The maximum Gasteiger partial charge on any atom is 0.306 e. The van der Waals surface area contributed by atoms with Crippen LogP contribution in [0.2, 0.25) is 0 Å². The first-order chi connectivity index (χ1) is 38.0. The lowest BCUT2D eigenvalue weighted by Gasteiger charge is -2.28. The average Bonchev–Trinajstić information content (AvgIpc) is 3.41. The third-order valence-corrected chi connectivity index (χ3v) is 14.2. The molecule has 0 saturated heterocycles. The summed E-state index contributed by atoms with van der Waals surface area (Å²) in [5.41, 5.74) is 0. The Kier molecular flexibility index (Phi) is 55.8. The fraction of sp³-hybridized carbons (Fsp3) is 0.706. The summed E-state index contributed by atoms with van der Waals surface area (Å²) in [6.07, 6.45) is 81.3. The van der Waals surface area contributed by atoms with Gasteiger partial charge in [0.1, 0.15) is 19.8 Å². The van der Waals surface area contributed by atoms with Gasteiger partial charge in [-0.25, -0.2) is 0 Å². The van der Waals surface area contributed by atoms with E-state index in [4.69, 9.17) is 18.5 Å². The number of phosphoric ester groups is 1. The van der Waals surface area contributed by atoms with Crippen molar-refractivity contribution in [3.8, 4) is 0 Å². The van der Waals surface area contributed by atoms with Crippen LogP contribution in [0.1, 0.15) is 258 Å². The Morgan fingerprint density at radius 3 is 1.09 bits per heavy atom. The van der Waals surface area contributed by atoms with Crippen LogP contribution in [0.4, 0.5) is 0 Å². The van der Waals surface area contributed by atoms with Crippen LogP contribution in [-0.4, -0.2) is 70.0 Å². The summed E-state index contributed by atoms with van der Waals surface area (Å²) in [6.45, 7) is 4.11. The summed E-state index contributed by atoms with van der Waals surface area (Å²) in [5, 5.41) is 0. The van der Waals surface area contributed by atoms with Gasteiger partial charge in [-0.2, -0.15) is 0 Å². The van der Waals surface area contributed by atoms with E-state index in [-0.39, 0.29) is 32.0 Å². The molecule has 448 valence electrons. The molecule has 0 aliphatic heterocycles. The Balaban J connectivity index is 4.17. The van der Waals surface area contributed by atoms with Gasteiger partial charge in [0.05, 0.1) is 27.7 Å². The molecule has 0 aromatic rings. The molecule has 0 aliphatic rings. The van der Waals surface area contributed by atoms with Gasteiger partial charge < -0.3 is 27.9 Å². The van der Waals surface area contributed by atoms with Crippen LogP contribution in [0.25, 0.3) is 0 Å². The van der Waals surface area contributed by atoms with Gasteiger partial charge >= 0.3 is 11.9 Å². The summed E-state index contributed by atoms with van der Waals surface area (Å²) >= 11 is 0. The molecule has 0 saturated carbocycles. The van der Waals surface area contributed by atoms with Gasteiger partial charge in [0, 0.05) is 12.8 Å².